The van der Waals surface area contributed by atoms with Crippen molar-refractivity contribution in [3.8, 4) is 0 Å². The smallest absolute Gasteiger partial charge is 0.228 e. The topological polar surface area (TPSA) is 58.2 Å². The molecule has 0 aliphatic carbocycles. The maximum absolute atomic E-state index is 12.1. The van der Waals surface area contributed by atoms with Crippen molar-refractivity contribution in [1.29, 1.82) is 0 Å². The fraction of sp³-hybridized carbons (Fsp3) is 0.300. The molecule has 0 spiro atoms. The molecule has 0 heterocycles. The Morgan fingerprint density at radius 2 is 1.58 bits per heavy atom. The van der Waals surface area contributed by atoms with Crippen LogP contribution in [0.2, 0.25) is 0 Å². The minimum Gasteiger partial charge on any atom is -0.354 e. The molecule has 24 heavy (non-hydrogen) atoms. The molecular formula is C20H24N2O2. The van der Waals surface area contributed by atoms with Crippen LogP contribution >= 0.6 is 0 Å². The zero-order valence-corrected chi connectivity index (χ0v) is 14.4. The van der Waals surface area contributed by atoms with E-state index in [2.05, 4.69) is 10.6 Å². The van der Waals surface area contributed by atoms with E-state index in [1.807, 2.05) is 69.3 Å². The molecule has 0 fully saturated rings. The molecular weight excluding hydrogens is 300 g/mol. The van der Waals surface area contributed by atoms with Crippen molar-refractivity contribution in [1.82, 2.24) is 5.32 Å². The van der Waals surface area contributed by atoms with Gasteiger partial charge in [0.1, 0.15) is 0 Å². The van der Waals surface area contributed by atoms with E-state index in [-0.39, 0.29) is 17.9 Å². The summed E-state index contributed by atoms with van der Waals surface area (Å²) in [6.45, 7) is 5.87. The first-order valence-electron chi connectivity index (χ1n) is 8.16. The van der Waals surface area contributed by atoms with E-state index in [1.165, 1.54) is 0 Å². The minimum atomic E-state index is -0.0467. The minimum absolute atomic E-state index is 0.00124. The first-order valence-corrected chi connectivity index (χ1v) is 8.16. The first-order chi connectivity index (χ1) is 11.4. The van der Waals surface area contributed by atoms with Crippen LogP contribution in [0.15, 0.2) is 48.5 Å². The van der Waals surface area contributed by atoms with Crippen LogP contribution in [0.4, 0.5) is 5.69 Å². The number of hydrogen-bond acceptors (Lipinski definition) is 2. The zero-order valence-electron chi connectivity index (χ0n) is 14.4. The second kappa shape index (κ2) is 8.29. The summed E-state index contributed by atoms with van der Waals surface area (Å²) in [4.78, 5) is 23.9. The van der Waals surface area contributed by atoms with Crippen molar-refractivity contribution >= 4 is 17.5 Å². The Morgan fingerprint density at radius 3 is 2.21 bits per heavy atom. The summed E-state index contributed by atoms with van der Waals surface area (Å²) in [5, 5.41) is 5.75. The molecule has 2 amide bonds. The van der Waals surface area contributed by atoms with Gasteiger partial charge >= 0.3 is 0 Å². The first kappa shape index (κ1) is 17.7. The third kappa shape index (κ3) is 5.54. The van der Waals surface area contributed by atoms with Gasteiger partial charge in [-0.1, -0.05) is 36.4 Å². The molecule has 0 unspecified atom stereocenters. The lowest BCUT2D eigenvalue weighted by atomic mass is 10.1. The monoisotopic (exact) mass is 324 g/mol. The summed E-state index contributed by atoms with van der Waals surface area (Å²) in [5.41, 5.74) is 3.79. The zero-order chi connectivity index (χ0) is 17.5. The Hall–Kier alpha value is -2.62. The van der Waals surface area contributed by atoms with Crippen LogP contribution in [0.1, 0.15) is 30.5 Å². The average molecular weight is 324 g/mol. The number of carbonyl (C=O) groups excluding carboxylic acids is 2. The van der Waals surface area contributed by atoms with E-state index >= 15 is 0 Å². The molecule has 126 valence electrons. The normalized spacial score (nSPS) is 10.5. The molecule has 0 atom stereocenters. The second-order valence-corrected chi connectivity index (χ2v) is 6.25. The van der Waals surface area contributed by atoms with Gasteiger partial charge < -0.3 is 10.6 Å². The van der Waals surface area contributed by atoms with Crippen molar-refractivity contribution in [2.24, 2.45) is 0 Å². The predicted molar refractivity (Wildman–Crippen MR) is 96.9 cm³/mol. The van der Waals surface area contributed by atoms with Crippen LogP contribution in [0.25, 0.3) is 0 Å². The maximum Gasteiger partial charge on any atom is 0.228 e. The van der Waals surface area contributed by atoms with E-state index < -0.39 is 0 Å². The molecule has 0 aliphatic heterocycles. The van der Waals surface area contributed by atoms with E-state index in [0.717, 1.165) is 22.4 Å². The largest absolute Gasteiger partial charge is 0.354 e. The van der Waals surface area contributed by atoms with Gasteiger partial charge in [0.2, 0.25) is 11.8 Å². The lowest BCUT2D eigenvalue weighted by molar-refractivity contribution is -0.121. The SMILES string of the molecule is Cc1ccccc1CC(=O)Nc1ccc(CC(=O)NC(C)C)cc1. The molecule has 2 aromatic rings. The number of rotatable bonds is 6. The number of carbonyl (C=O) groups is 2. The molecule has 0 aromatic heterocycles. The summed E-state index contributed by atoms with van der Waals surface area (Å²) in [7, 11) is 0. The van der Waals surface area contributed by atoms with Crippen LogP contribution in [-0.4, -0.2) is 17.9 Å². The van der Waals surface area contributed by atoms with E-state index in [9.17, 15) is 9.59 Å². The summed E-state index contributed by atoms with van der Waals surface area (Å²) in [6.07, 6.45) is 0.695. The lowest BCUT2D eigenvalue weighted by Gasteiger charge is -2.10. The van der Waals surface area contributed by atoms with Gasteiger partial charge in [-0.05, 0) is 49.6 Å². The molecule has 4 nitrogen and oxygen atoms in total. The van der Waals surface area contributed by atoms with Crippen molar-refractivity contribution in [2.45, 2.75) is 39.7 Å². The van der Waals surface area contributed by atoms with Crippen LogP contribution in [-0.2, 0) is 22.4 Å². The van der Waals surface area contributed by atoms with E-state index in [1.54, 1.807) is 0 Å². The Kier molecular flexibility index (Phi) is 6.13. The van der Waals surface area contributed by atoms with E-state index in [0.29, 0.717) is 12.8 Å². The highest BCUT2D eigenvalue weighted by atomic mass is 16.2. The third-order valence-corrected chi connectivity index (χ3v) is 3.66. The van der Waals surface area contributed by atoms with Gasteiger partial charge in [-0.2, -0.15) is 0 Å². The van der Waals surface area contributed by atoms with Gasteiger partial charge in [-0.3, -0.25) is 9.59 Å². The molecule has 0 saturated carbocycles. The van der Waals surface area contributed by atoms with Crippen molar-refractivity contribution < 1.29 is 9.59 Å². The highest BCUT2D eigenvalue weighted by Crippen LogP contribution is 2.12. The second-order valence-electron chi connectivity index (χ2n) is 6.25. The number of anilines is 1. The highest BCUT2D eigenvalue weighted by Gasteiger charge is 2.07. The Balaban J connectivity index is 1.90. The number of nitrogens with one attached hydrogen (secondary N) is 2. The van der Waals surface area contributed by atoms with Crippen LogP contribution in [0.3, 0.4) is 0 Å². The summed E-state index contributed by atoms with van der Waals surface area (Å²) >= 11 is 0. The van der Waals surface area contributed by atoms with Crippen LogP contribution in [0, 0.1) is 6.92 Å². The summed E-state index contributed by atoms with van der Waals surface area (Å²) in [6, 6.07) is 15.4. The number of aryl methyl sites for hydroxylation is 1. The predicted octanol–water partition coefficient (Wildman–Crippen LogP) is 3.24. The molecule has 0 aliphatic rings. The van der Waals surface area contributed by atoms with Crippen molar-refractivity contribution in [3.05, 3.63) is 65.2 Å². The molecule has 4 heteroatoms. The number of benzene rings is 2. The van der Waals surface area contributed by atoms with E-state index in [4.69, 9.17) is 0 Å². The van der Waals surface area contributed by atoms with Gasteiger partial charge in [0.15, 0.2) is 0 Å². The standard InChI is InChI=1S/C20H24N2O2/c1-14(2)21-19(23)12-16-8-10-18(11-9-16)22-20(24)13-17-7-5-4-6-15(17)3/h4-11,14H,12-13H2,1-3H3,(H,21,23)(H,22,24). The molecule has 2 N–H and O–H groups in total. The molecule has 2 rings (SSSR count). The van der Waals surface area contributed by atoms with Gasteiger partial charge in [0.25, 0.3) is 0 Å². The lowest BCUT2D eigenvalue weighted by Crippen LogP contribution is -2.31. The quantitative estimate of drug-likeness (QED) is 0.857. The van der Waals surface area contributed by atoms with Crippen molar-refractivity contribution in [2.75, 3.05) is 5.32 Å². The van der Waals surface area contributed by atoms with Gasteiger partial charge in [-0.15, -0.1) is 0 Å². The fourth-order valence-electron chi connectivity index (χ4n) is 2.45. The Labute approximate surface area is 143 Å². The maximum atomic E-state index is 12.1. The Morgan fingerprint density at radius 1 is 0.917 bits per heavy atom. The molecule has 0 radical (unpaired) electrons. The van der Waals surface area contributed by atoms with Crippen LogP contribution < -0.4 is 10.6 Å². The van der Waals surface area contributed by atoms with Gasteiger partial charge in [0, 0.05) is 11.7 Å². The number of amides is 2. The molecule has 0 bridgehead atoms. The van der Waals surface area contributed by atoms with Crippen molar-refractivity contribution in [3.63, 3.8) is 0 Å². The van der Waals surface area contributed by atoms with Gasteiger partial charge in [-0.25, -0.2) is 0 Å². The molecule has 2 aromatic carbocycles. The van der Waals surface area contributed by atoms with Crippen LogP contribution in [0.5, 0.6) is 0 Å². The molecule has 0 saturated heterocycles. The Bertz CT molecular complexity index is 706. The number of hydrogen-bond donors (Lipinski definition) is 2. The fourth-order valence-corrected chi connectivity index (χ4v) is 2.45. The highest BCUT2D eigenvalue weighted by molar-refractivity contribution is 5.92. The average Bonchev–Trinajstić information content (AvgIpc) is 2.51. The van der Waals surface area contributed by atoms with Gasteiger partial charge in [0.05, 0.1) is 12.8 Å². The summed E-state index contributed by atoms with van der Waals surface area (Å²) in [5.74, 6) is -0.0454. The summed E-state index contributed by atoms with van der Waals surface area (Å²) < 4.78 is 0. The third-order valence-electron chi connectivity index (χ3n) is 3.66.